The van der Waals surface area contributed by atoms with Gasteiger partial charge in [0, 0.05) is 51.0 Å². The fourth-order valence-corrected chi connectivity index (χ4v) is 5.83. The van der Waals surface area contributed by atoms with Gasteiger partial charge in [-0.2, -0.15) is 5.10 Å². The van der Waals surface area contributed by atoms with Crippen molar-refractivity contribution in [3.8, 4) is 16.9 Å². The number of amides is 1. The maximum Gasteiger partial charge on any atom is 0.274 e. The number of ether oxygens (including phenoxy) is 2. The summed E-state index contributed by atoms with van der Waals surface area (Å²) in [5.41, 5.74) is 4.34. The number of morpholine rings is 1. The van der Waals surface area contributed by atoms with Crippen molar-refractivity contribution < 1.29 is 23.0 Å². The Bertz CT molecular complexity index is 1300. The minimum absolute atomic E-state index is 0.147. The minimum Gasteiger partial charge on any atom is -0.380 e. The molecular formula is C28H34N4O5S. The summed E-state index contributed by atoms with van der Waals surface area (Å²) in [6.45, 7) is 6.75. The average molecular weight is 539 g/mol. The van der Waals surface area contributed by atoms with Crippen molar-refractivity contribution in [1.29, 1.82) is 0 Å². The van der Waals surface area contributed by atoms with Gasteiger partial charge < -0.3 is 18.9 Å². The highest BCUT2D eigenvalue weighted by Crippen LogP contribution is 2.34. The maximum absolute atomic E-state index is 13.6. The first-order chi connectivity index (χ1) is 18.5. The van der Waals surface area contributed by atoms with E-state index < -0.39 is 11.1 Å². The van der Waals surface area contributed by atoms with Crippen molar-refractivity contribution in [3.63, 3.8) is 0 Å². The molecule has 38 heavy (non-hydrogen) atoms. The van der Waals surface area contributed by atoms with Gasteiger partial charge >= 0.3 is 0 Å². The second-order valence-electron chi connectivity index (χ2n) is 9.64. The summed E-state index contributed by atoms with van der Waals surface area (Å²) in [4.78, 5) is 18.0. The highest BCUT2D eigenvalue weighted by Gasteiger charge is 2.29. The lowest BCUT2D eigenvalue weighted by atomic mass is 10.0. The number of hydrogen-bond acceptors (Lipinski definition) is 6. The normalized spacial score (nSPS) is 19.1. The Morgan fingerprint density at radius 1 is 1.13 bits per heavy atom. The predicted octanol–water partition coefficient (Wildman–Crippen LogP) is 3.38. The molecule has 3 aromatic rings. The van der Waals surface area contributed by atoms with Crippen LogP contribution in [0.3, 0.4) is 0 Å². The van der Waals surface area contributed by atoms with Crippen LogP contribution in [0, 0.1) is 0 Å². The van der Waals surface area contributed by atoms with Gasteiger partial charge in [0.2, 0.25) is 0 Å². The number of aromatic nitrogens is 2. The molecule has 2 saturated heterocycles. The van der Waals surface area contributed by atoms with Gasteiger partial charge in [0.1, 0.15) is 0 Å². The number of carbonyl (C=O) groups excluding carboxylic acids is 1. The van der Waals surface area contributed by atoms with E-state index in [1.807, 2.05) is 31.2 Å². The second kappa shape index (κ2) is 11.9. The standard InChI is InChI=1S/C28H34N4O5S/c1-3-23-26(28(33)31-14-16-37-17-15-31)29-32(27(23)24-6-4-5-7-25(24)38(34)35)21-10-8-20(9-11-21)18-30-13-12-22(19-30)36-2/h4-11,22H,3,12-19H2,1-2H3,(H,34,35). The van der Waals surface area contributed by atoms with Crippen LogP contribution in [0.15, 0.2) is 53.4 Å². The molecule has 0 spiro atoms. The quantitative estimate of drug-likeness (QED) is 0.439. The summed E-state index contributed by atoms with van der Waals surface area (Å²) < 4.78 is 35.0. The molecule has 202 valence electrons. The molecule has 2 fully saturated rings. The molecule has 2 aliphatic heterocycles. The van der Waals surface area contributed by atoms with Gasteiger partial charge in [0.05, 0.1) is 35.6 Å². The van der Waals surface area contributed by atoms with Crippen LogP contribution < -0.4 is 0 Å². The Morgan fingerprint density at radius 3 is 2.53 bits per heavy atom. The Hall–Kier alpha value is -2.89. The van der Waals surface area contributed by atoms with E-state index in [0.29, 0.717) is 49.7 Å². The summed E-state index contributed by atoms with van der Waals surface area (Å²) in [5.74, 6) is -0.147. The van der Waals surface area contributed by atoms with E-state index in [1.165, 1.54) is 5.56 Å². The summed E-state index contributed by atoms with van der Waals surface area (Å²) in [5, 5.41) is 4.83. The molecule has 1 aromatic heterocycles. The number of nitrogens with zero attached hydrogens (tertiary/aromatic N) is 4. The van der Waals surface area contributed by atoms with E-state index in [0.717, 1.165) is 37.3 Å². The number of carbonyl (C=O) groups is 1. The second-order valence-corrected chi connectivity index (χ2v) is 10.6. The fraction of sp³-hybridized carbons (Fsp3) is 0.429. The van der Waals surface area contributed by atoms with Crippen molar-refractivity contribution in [2.75, 3.05) is 46.5 Å². The van der Waals surface area contributed by atoms with Crippen LogP contribution in [-0.2, 0) is 33.5 Å². The van der Waals surface area contributed by atoms with Crippen LogP contribution in [0.25, 0.3) is 16.9 Å². The van der Waals surface area contributed by atoms with Crippen LogP contribution in [0.5, 0.6) is 0 Å². The minimum atomic E-state index is -2.20. The van der Waals surface area contributed by atoms with E-state index >= 15 is 0 Å². The van der Waals surface area contributed by atoms with Crippen LogP contribution in [0.4, 0.5) is 0 Å². The van der Waals surface area contributed by atoms with Crippen molar-refractivity contribution in [2.45, 2.75) is 37.3 Å². The Labute approximate surface area is 225 Å². The molecule has 2 unspecified atom stereocenters. The highest BCUT2D eigenvalue weighted by molar-refractivity contribution is 7.79. The van der Waals surface area contributed by atoms with Gasteiger partial charge in [-0.3, -0.25) is 9.69 Å². The molecule has 3 heterocycles. The first-order valence-electron chi connectivity index (χ1n) is 13.0. The summed E-state index contributed by atoms with van der Waals surface area (Å²) in [6.07, 6.45) is 1.87. The van der Waals surface area contributed by atoms with E-state index in [4.69, 9.17) is 14.6 Å². The molecule has 0 bridgehead atoms. The molecule has 1 amide bonds. The molecule has 0 saturated carbocycles. The van der Waals surface area contributed by atoms with Crippen molar-refractivity contribution in [3.05, 3.63) is 65.4 Å². The first-order valence-corrected chi connectivity index (χ1v) is 14.1. The number of hydrogen-bond donors (Lipinski definition) is 1. The van der Waals surface area contributed by atoms with Crippen LogP contribution in [0.1, 0.15) is 35.0 Å². The predicted molar refractivity (Wildman–Crippen MR) is 145 cm³/mol. The molecule has 9 nitrogen and oxygen atoms in total. The molecule has 2 aromatic carbocycles. The zero-order chi connectivity index (χ0) is 26.6. The number of methoxy groups -OCH3 is 1. The summed E-state index contributed by atoms with van der Waals surface area (Å²) in [7, 11) is 1.76. The van der Waals surface area contributed by atoms with Gasteiger partial charge in [-0.1, -0.05) is 37.3 Å². The molecule has 10 heteroatoms. The Kier molecular flexibility index (Phi) is 8.35. The Balaban J connectivity index is 1.56. The SMILES string of the molecule is CCc1c(C(=O)N2CCOCC2)nn(-c2ccc(CN3CCC(OC)C3)cc2)c1-c1ccccc1S(=O)O. The molecule has 0 radical (unpaired) electrons. The van der Waals surface area contributed by atoms with E-state index in [9.17, 15) is 13.6 Å². The van der Waals surface area contributed by atoms with Gasteiger partial charge in [0.15, 0.2) is 16.8 Å². The maximum atomic E-state index is 13.6. The van der Waals surface area contributed by atoms with Gasteiger partial charge in [0.25, 0.3) is 5.91 Å². The van der Waals surface area contributed by atoms with Gasteiger partial charge in [-0.05, 0) is 36.6 Å². The fourth-order valence-electron chi connectivity index (χ4n) is 5.29. The smallest absolute Gasteiger partial charge is 0.274 e. The summed E-state index contributed by atoms with van der Waals surface area (Å²) >= 11 is -2.20. The zero-order valence-electron chi connectivity index (χ0n) is 21.8. The lowest BCUT2D eigenvalue weighted by molar-refractivity contribution is 0.0298. The highest BCUT2D eigenvalue weighted by atomic mass is 32.2. The van der Waals surface area contributed by atoms with Crippen LogP contribution >= 0.6 is 0 Å². The van der Waals surface area contributed by atoms with Crippen molar-refractivity contribution in [2.24, 2.45) is 0 Å². The first kappa shape index (κ1) is 26.7. The molecule has 0 aliphatic carbocycles. The molecular weight excluding hydrogens is 504 g/mol. The Morgan fingerprint density at radius 2 is 1.87 bits per heavy atom. The van der Waals surface area contributed by atoms with E-state index in [2.05, 4.69) is 17.0 Å². The van der Waals surface area contributed by atoms with Crippen LogP contribution in [-0.4, -0.2) is 86.9 Å². The monoisotopic (exact) mass is 538 g/mol. The average Bonchev–Trinajstić information content (AvgIpc) is 3.58. The number of benzene rings is 2. The largest absolute Gasteiger partial charge is 0.380 e. The van der Waals surface area contributed by atoms with Gasteiger partial charge in [-0.25, -0.2) is 8.89 Å². The molecule has 2 aliphatic rings. The van der Waals surface area contributed by atoms with Crippen molar-refractivity contribution in [1.82, 2.24) is 19.6 Å². The van der Waals surface area contributed by atoms with E-state index in [1.54, 1.807) is 28.8 Å². The topological polar surface area (TPSA) is 97.1 Å². The van der Waals surface area contributed by atoms with E-state index in [-0.39, 0.29) is 16.9 Å². The number of likely N-dealkylation sites (tertiary alicyclic amines) is 1. The van der Waals surface area contributed by atoms with Crippen LogP contribution in [0.2, 0.25) is 0 Å². The molecule has 2 atom stereocenters. The van der Waals surface area contributed by atoms with Gasteiger partial charge in [-0.15, -0.1) is 0 Å². The number of rotatable bonds is 8. The zero-order valence-corrected chi connectivity index (χ0v) is 22.7. The van der Waals surface area contributed by atoms with Crippen molar-refractivity contribution >= 4 is 17.0 Å². The summed E-state index contributed by atoms with van der Waals surface area (Å²) in [6, 6.07) is 15.2. The third-order valence-corrected chi connectivity index (χ3v) is 8.05. The lowest BCUT2D eigenvalue weighted by Crippen LogP contribution is -2.41. The molecule has 5 rings (SSSR count). The third kappa shape index (κ3) is 5.45. The third-order valence-electron chi connectivity index (χ3n) is 7.32. The lowest BCUT2D eigenvalue weighted by Gasteiger charge is -2.26. The molecule has 1 N–H and O–H groups in total.